The molecule has 0 spiro atoms. The van der Waals surface area contributed by atoms with Gasteiger partial charge in [-0.05, 0) is 0 Å². The third-order valence-corrected chi connectivity index (χ3v) is 1.49. The predicted octanol–water partition coefficient (Wildman–Crippen LogP) is 3.13. The van der Waals surface area contributed by atoms with Crippen LogP contribution in [-0.2, 0) is 0 Å². The van der Waals surface area contributed by atoms with E-state index in [0.29, 0.717) is 6.92 Å². The lowest BCUT2D eigenvalue weighted by atomic mass is 10.1. The fourth-order valence-electron chi connectivity index (χ4n) is 0.532. The van der Waals surface area contributed by atoms with E-state index < -0.39 is 24.1 Å². The van der Waals surface area contributed by atoms with Gasteiger partial charge in [-0.25, -0.2) is 6.57 Å². The highest BCUT2D eigenvalue weighted by molar-refractivity contribution is 5.01. The molecular formula is C6H4F7N. The van der Waals surface area contributed by atoms with Crippen molar-refractivity contribution in [1.82, 2.24) is 0 Å². The topological polar surface area (TPSA) is 4.36 Å². The van der Waals surface area contributed by atoms with Crippen molar-refractivity contribution in [3.05, 3.63) is 11.4 Å². The van der Waals surface area contributed by atoms with E-state index in [1.807, 2.05) is 4.85 Å². The summed E-state index contributed by atoms with van der Waals surface area (Å²) in [4.78, 5) is 1.96. The Morgan fingerprint density at radius 3 is 1.57 bits per heavy atom. The Hall–Kier alpha value is -1.00. The zero-order chi connectivity index (χ0) is 11.8. The van der Waals surface area contributed by atoms with E-state index in [1.165, 1.54) is 0 Å². The maximum atomic E-state index is 12.4. The second-order valence-corrected chi connectivity index (χ2v) is 2.50. The average Bonchev–Trinajstić information content (AvgIpc) is 2.00. The summed E-state index contributed by atoms with van der Waals surface area (Å²) in [5, 5.41) is 0. The lowest BCUT2D eigenvalue weighted by Gasteiger charge is -2.27. The van der Waals surface area contributed by atoms with Crippen molar-refractivity contribution in [2.45, 2.75) is 31.0 Å². The van der Waals surface area contributed by atoms with Crippen molar-refractivity contribution in [1.29, 1.82) is 0 Å². The van der Waals surface area contributed by atoms with Crippen LogP contribution in [0.3, 0.4) is 0 Å². The van der Waals surface area contributed by atoms with Gasteiger partial charge < -0.3 is 4.85 Å². The number of hydrogen-bond donors (Lipinski definition) is 0. The molecule has 0 rings (SSSR count). The van der Waals surface area contributed by atoms with Crippen LogP contribution >= 0.6 is 0 Å². The fraction of sp³-hybridized carbons (Fsp3) is 0.833. The van der Waals surface area contributed by atoms with Crippen molar-refractivity contribution in [2.75, 3.05) is 0 Å². The molecule has 0 bridgehead atoms. The van der Waals surface area contributed by atoms with Crippen LogP contribution in [0, 0.1) is 6.57 Å². The van der Waals surface area contributed by atoms with Crippen LogP contribution in [0.4, 0.5) is 30.7 Å². The first-order chi connectivity index (χ1) is 5.98. The van der Waals surface area contributed by atoms with Gasteiger partial charge in [-0.2, -0.15) is 30.7 Å². The van der Waals surface area contributed by atoms with Crippen LogP contribution in [0.15, 0.2) is 0 Å². The zero-order valence-corrected chi connectivity index (χ0v) is 6.67. The maximum absolute atomic E-state index is 12.4. The summed E-state index contributed by atoms with van der Waals surface area (Å²) in [5.74, 6) is -11.6. The van der Waals surface area contributed by atoms with Crippen LogP contribution in [0.5, 0.6) is 0 Å². The van der Waals surface area contributed by atoms with Gasteiger partial charge in [-0.3, -0.25) is 0 Å². The van der Waals surface area contributed by atoms with Gasteiger partial charge in [0.1, 0.15) is 0 Å². The Kier molecular flexibility index (Phi) is 3.06. The molecule has 0 N–H and O–H groups in total. The molecule has 0 fully saturated rings. The van der Waals surface area contributed by atoms with Crippen molar-refractivity contribution < 1.29 is 30.7 Å². The standard InChI is InChI=1S/C6H4F7N/c1-3(14-2)4(7,8)5(9,10)6(11,12)13/h3H,1H3. The van der Waals surface area contributed by atoms with E-state index in [4.69, 9.17) is 6.57 Å². The van der Waals surface area contributed by atoms with Crippen LogP contribution in [0.1, 0.15) is 6.92 Å². The van der Waals surface area contributed by atoms with Gasteiger partial charge in [0.2, 0.25) is 0 Å². The lowest BCUT2D eigenvalue weighted by Crippen LogP contribution is -2.56. The molecule has 0 amide bonds. The minimum Gasteiger partial charge on any atom is -0.307 e. The second-order valence-electron chi connectivity index (χ2n) is 2.50. The molecular weight excluding hydrogens is 219 g/mol. The molecule has 0 aromatic rings. The monoisotopic (exact) mass is 223 g/mol. The van der Waals surface area contributed by atoms with Crippen molar-refractivity contribution in [3.8, 4) is 0 Å². The van der Waals surface area contributed by atoms with E-state index in [-0.39, 0.29) is 0 Å². The first kappa shape index (κ1) is 13.0. The van der Waals surface area contributed by atoms with E-state index >= 15 is 0 Å². The highest BCUT2D eigenvalue weighted by atomic mass is 19.4. The summed E-state index contributed by atoms with van der Waals surface area (Å²) in [6.45, 7) is 6.29. The van der Waals surface area contributed by atoms with Crippen molar-refractivity contribution >= 4 is 0 Å². The summed E-state index contributed by atoms with van der Waals surface area (Å²) in [6, 6.07) is -2.74. The molecule has 0 saturated carbocycles. The summed E-state index contributed by atoms with van der Waals surface area (Å²) >= 11 is 0. The van der Waals surface area contributed by atoms with Gasteiger partial charge in [0, 0.05) is 6.92 Å². The molecule has 1 unspecified atom stereocenters. The fourth-order valence-corrected chi connectivity index (χ4v) is 0.532. The van der Waals surface area contributed by atoms with Crippen LogP contribution < -0.4 is 0 Å². The number of nitrogens with zero attached hydrogens (tertiary/aromatic N) is 1. The van der Waals surface area contributed by atoms with Gasteiger partial charge in [-0.15, -0.1) is 0 Å². The number of hydrogen-bond acceptors (Lipinski definition) is 0. The van der Waals surface area contributed by atoms with Crippen molar-refractivity contribution in [3.63, 3.8) is 0 Å². The number of alkyl halides is 7. The molecule has 0 aromatic heterocycles. The Bertz CT molecular complexity index is 248. The normalized spacial score (nSPS) is 16.2. The smallest absolute Gasteiger partial charge is 0.307 e. The lowest BCUT2D eigenvalue weighted by molar-refractivity contribution is -0.355. The molecule has 82 valence electrons. The van der Waals surface area contributed by atoms with Crippen molar-refractivity contribution in [2.24, 2.45) is 0 Å². The first-order valence-corrected chi connectivity index (χ1v) is 3.17. The van der Waals surface area contributed by atoms with Gasteiger partial charge in [0.25, 0.3) is 6.04 Å². The Labute approximate surface area is 74.3 Å². The summed E-state index contributed by atoms with van der Waals surface area (Å²) in [7, 11) is 0. The summed E-state index contributed by atoms with van der Waals surface area (Å²) in [6.07, 6.45) is -6.37. The summed E-state index contributed by atoms with van der Waals surface area (Å²) in [5.41, 5.74) is 0. The number of halogens is 7. The molecule has 14 heavy (non-hydrogen) atoms. The second kappa shape index (κ2) is 3.29. The zero-order valence-electron chi connectivity index (χ0n) is 6.67. The Balaban J connectivity index is 5.20. The summed E-state index contributed by atoms with van der Waals surface area (Å²) < 4.78 is 83.5. The van der Waals surface area contributed by atoms with E-state index in [1.54, 1.807) is 0 Å². The minimum absolute atomic E-state index is 0.298. The van der Waals surface area contributed by atoms with Gasteiger partial charge in [0.05, 0.1) is 0 Å². The van der Waals surface area contributed by atoms with E-state index in [2.05, 4.69) is 0 Å². The quantitative estimate of drug-likeness (QED) is 0.500. The molecule has 1 nitrogen and oxygen atoms in total. The Morgan fingerprint density at radius 1 is 1.00 bits per heavy atom. The van der Waals surface area contributed by atoms with Crippen LogP contribution in [0.2, 0.25) is 0 Å². The molecule has 0 heterocycles. The first-order valence-electron chi connectivity index (χ1n) is 3.17. The largest absolute Gasteiger partial charge is 0.460 e. The molecule has 0 aliphatic rings. The SMILES string of the molecule is [C-]#[N+]C(C)C(F)(F)C(F)(F)C(F)(F)F. The maximum Gasteiger partial charge on any atom is 0.460 e. The molecule has 0 aliphatic carbocycles. The van der Waals surface area contributed by atoms with E-state index in [9.17, 15) is 30.7 Å². The van der Waals surface area contributed by atoms with Gasteiger partial charge in [-0.1, -0.05) is 0 Å². The molecule has 0 aromatic carbocycles. The molecule has 1 atom stereocenters. The van der Waals surface area contributed by atoms with E-state index in [0.717, 1.165) is 0 Å². The van der Waals surface area contributed by atoms with Crippen LogP contribution in [0.25, 0.3) is 4.85 Å². The third-order valence-electron chi connectivity index (χ3n) is 1.49. The predicted molar refractivity (Wildman–Crippen MR) is 32.0 cm³/mol. The van der Waals surface area contributed by atoms with Gasteiger partial charge >= 0.3 is 18.0 Å². The Morgan fingerprint density at radius 2 is 1.36 bits per heavy atom. The minimum atomic E-state index is -6.37. The molecule has 0 aliphatic heterocycles. The molecule has 8 heteroatoms. The highest BCUT2D eigenvalue weighted by Gasteiger charge is 2.77. The molecule has 0 radical (unpaired) electrons. The van der Waals surface area contributed by atoms with Crippen LogP contribution in [-0.4, -0.2) is 24.1 Å². The number of rotatable bonds is 2. The molecule has 0 saturated heterocycles. The highest BCUT2D eigenvalue weighted by Crippen LogP contribution is 2.48. The van der Waals surface area contributed by atoms with Gasteiger partial charge in [0.15, 0.2) is 0 Å². The average molecular weight is 223 g/mol. The third kappa shape index (κ3) is 1.76.